The van der Waals surface area contributed by atoms with Crippen LogP contribution in [0, 0.1) is 0 Å². The Balaban J connectivity index is 2.01. The summed E-state index contributed by atoms with van der Waals surface area (Å²) >= 11 is 0. The number of para-hydroxylation sites is 1. The first kappa shape index (κ1) is 12.2. The van der Waals surface area contributed by atoms with Gasteiger partial charge in [0.05, 0.1) is 23.1 Å². The summed E-state index contributed by atoms with van der Waals surface area (Å²) in [5.41, 5.74) is 1.66. The Kier molecular flexibility index (Phi) is 2.67. The smallest absolute Gasteiger partial charge is 0.337 e. The second-order valence-corrected chi connectivity index (χ2v) is 4.55. The number of anilines is 2. The molecule has 0 fully saturated rings. The zero-order valence-electron chi connectivity index (χ0n) is 10.6. The van der Waals surface area contributed by atoms with Crippen LogP contribution in [0.4, 0.5) is 11.4 Å². The molecule has 0 bridgehead atoms. The number of carbonyl (C=O) groups excluding carboxylic acids is 1. The van der Waals surface area contributed by atoms with Gasteiger partial charge in [-0.15, -0.1) is 0 Å². The number of aromatic nitrogens is 2. The van der Waals surface area contributed by atoms with E-state index in [0.717, 1.165) is 5.56 Å². The molecule has 1 aliphatic rings. The SMILES string of the molecule is Cn1cc(C2Nc3cccc(C(=O)O)c3NC2=O)cn1. The van der Waals surface area contributed by atoms with Gasteiger partial charge in [0.1, 0.15) is 6.04 Å². The van der Waals surface area contributed by atoms with Crippen LogP contribution in [0.3, 0.4) is 0 Å². The lowest BCUT2D eigenvalue weighted by Crippen LogP contribution is -2.32. The van der Waals surface area contributed by atoms with Crippen molar-refractivity contribution in [2.45, 2.75) is 6.04 Å². The summed E-state index contributed by atoms with van der Waals surface area (Å²) < 4.78 is 1.60. The van der Waals surface area contributed by atoms with Crippen LogP contribution in [0.2, 0.25) is 0 Å². The van der Waals surface area contributed by atoms with E-state index in [1.807, 2.05) is 0 Å². The number of carbonyl (C=O) groups is 2. The number of rotatable bonds is 2. The molecule has 0 saturated carbocycles. The van der Waals surface area contributed by atoms with E-state index in [1.54, 1.807) is 36.3 Å². The summed E-state index contributed by atoms with van der Waals surface area (Å²) in [6.07, 6.45) is 3.34. The van der Waals surface area contributed by atoms with Gasteiger partial charge in [-0.05, 0) is 12.1 Å². The number of nitrogens with zero attached hydrogens (tertiary/aromatic N) is 2. The maximum Gasteiger partial charge on any atom is 0.337 e. The van der Waals surface area contributed by atoms with Gasteiger partial charge in [-0.25, -0.2) is 4.79 Å². The van der Waals surface area contributed by atoms with Crippen LogP contribution < -0.4 is 10.6 Å². The van der Waals surface area contributed by atoms with Crippen LogP contribution in [-0.4, -0.2) is 26.8 Å². The Bertz CT molecular complexity index is 707. The molecule has 3 N–H and O–H groups in total. The van der Waals surface area contributed by atoms with Crippen molar-refractivity contribution in [3.63, 3.8) is 0 Å². The van der Waals surface area contributed by atoms with Gasteiger partial charge in [-0.1, -0.05) is 6.07 Å². The van der Waals surface area contributed by atoms with Crippen LogP contribution in [-0.2, 0) is 11.8 Å². The van der Waals surface area contributed by atoms with Crippen molar-refractivity contribution in [3.8, 4) is 0 Å². The number of hydrogen-bond acceptors (Lipinski definition) is 4. The van der Waals surface area contributed by atoms with Crippen molar-refractivity contribution in [1.82, 2.24) is 9.78 Å². The topological polar surface area (TPSA) is 96.3 Å². The molecule has 7 nitrogen and oxygen atoms in total. The van der Waals surface area contributed by atoms with Crippen molar-refractivity contribution in [2.24, 2.45) is 7.05 Å². The molecule has 102 valence electrons. The van der Waals surface area contributed by atoms with Crippen LogP contribution in [0.15, 0.2) is 30.6 Å². The van der Waals surface area contributed by atoms with E-state index in [1.165, 1.54) is 6.07 Å². The second kappa shape index (κ2) is 4.37. The molecule has 1 aliphatic heterocycles. The third-order valence-corrected chi connectivity index (χ3v) is 3.16. The molecule has 1 aromatic heterocycles. The maximum absolute atomic E-state index is 12.1. The lowest BCUT2D eigenvalue weighted by molar-refractivity contribution is -0.117. The zero-order valence-corrected chi connectivity index (χ0v) is 10.6. The average molecular weight is 272 g/mol. The number of benzene rings is 1. The quantitative estimate of drug-likeness (QED) is 0.764. The highest BCUT2D eigenvalue weighted by Gasteiger charge is 2.30. The minimum atomic E-state index is -1.08. The minimum absolute atomic E-state index is 0.0630. The predicted molar refractivity (Wildman–Crippen MR) is 71.6 cm³/mol. The summed E-state index contributed by atoms with van der Waals surface area (Å²) in [6, 6.07) is 4.23. The maximum atomic E-state index is 12.1. The van der Waals surface area contributed by atoms with Crippen LogP contribution in [0.25, 0.3) is 0 Å². The molecule has 0 aliphatic carbocycles. The van der Waals surface area contributed by atoms with E-state index in [4.69, 9.17) is 5.11 Å². The van der Waals surface area contributed by atoms with Gasteiger partial charge in [0.15, 0.2) is 0 Å². The molecule has 1 aromatic carbocycles. The molecule has 7 heteroatoms. The van der Waals surface area contributed by atoms with Gasteiger partial charge >= 0.3 is 5.97 Å². The van der Waals surface area contributed by atoms with E-state index in [0.29, 0.717) is 11.4 Å². The number of aryl methyl sites for hydroxylation is 1. The zero-order chi connectivity index (χ0) is 14.3. The Hall–Kier alpha value is -2.83. The van der Waals surface area contributed by atoms with Gasteiger partial charge in [0.2, 0.25) is 0 Å². The Labute approximate surface area is 114 Å². The standard InChI is InChI=1S/C13H12N4O3/c1-17-6-7(5-14-17)10-12(18)16-11-8(13(19)20)3-2-4-9(11)15-10/h2-6,10,15H,1H3,(H,16,18)(H,19,20). The molecule has 2 heterocycles. The van der Waals surface area contributed by atoms with E-state index < -0.39 is 12.0 Å². The number of carboxylic acids is 1. The lowest BCUT2D eigenvalue weighted by atomic mass is 10.0. The summed E-state index contributed by atoms with van der Waals surface area (Å²) in [6.45, 7) is 0. The van der Waals surface area contributed by atoms with Crippen LogP contribution >= 0.6 is 0 Å². The summed E-state index contributed by atoms with van der Waals surface area (Å²) in [4.78, 5) is 23.3. The summed E-state index contributed by atoms with van der Waals surface area (Å²) in [5.74, 6) is -1.39. The molecule has 1 amide bonds. The molecular weight excluding hydrogens is 260 g/mol. The van der Waals surface area contributed by atoms with Gasteiger partial charge in [0.25, 0.3) is 5.91 Å². The number of nitrogens with one attached hydrogen (secondary N) is 2. The van der Waals surface area contributed by atoms with Gasteiger partial charge in [0, 0.05) is 18.8 Å². The number of aromatic carboxylic acids is 1. The van der Waals surface area contributed by atoms with Crippen molar-refractivity contribution in [3.05, 3.63) is 41.7 Å². The predicted octanol–water partition coefficient (Wildman–Crippen LogP) is 1.22. The molecule has 0 radical (unpaired) electrons. The largest absolute Gasteiger partial charge is 0.478 e. The Morgan fingerprint density at radius 1 is 1.45 bits per heavy atom. The van der Waals surface area contributed by atoms with Gasteiger partial charge in [-0.2, -0.15) is 5.10 Å². The highest BCUT2D eigenvalue weighted by molar-refractivity contribution is 6.09. The lowest BCUT2D eigenvalue weighted by Gasteiger charge is -2.27. The fourth-order valence-electron chi connectivity index (χ4n) is 2.23. The minimum Gasteiger partial charge on any atom is -0.478 e. The molecule has 1 unspecified atom stereocenters. The second-order valence-electron chi connectivity index (χ2n) is 4.55. The summed E-state index contributed by atoms with van der Waals surface area (Å²) in [5, 5.41) is 18.8. The van der Waals surface area contributed by atoms with Crippen molar-refractivity contribution in [2.75, 3.05) is 10.6 Å². The molecule has 0 spiro atoms. The van der Waals surface area contributed by atoms with Crippen LogP contribution in [0.5, 0.6) is 0 Å². The third-order valence-electron chi connectivity index (χ3n) is 3.16. The monoisotopic (exact) mass is 272 g/mol. The Morgan fingerprint density at radius 3 is 2.90 bits per heavy atom. The first-order valence-electron chi connectivity index (χ1n) is 5.98. The third kappa shape index (κ3) is 1.89. The van der Waals surface area contributed by atoms with Crippen molar-refractivity contribution < 1.29 is 14.7 Å². The van der Waals surface area contributed by atoms with E-state index in [2.05, 4.69) is 15.7 Å². The Morgan fingerprint density at radius 2 is 2.25 bits per heavy atom. The number of hydrogen-bond donors (Lipinski definition) is 3. The van der Waals surface area contributed by atoms with E-state index >= 15 is 0 Å². The molecule has 1 atom stereocenters. The first-order chi connectivity index (χ1) is 9.56. The normalized spacial score (nSPS) is 17.1. The fourth-order valence-corrected chi connectivity index (χ4v) is 2.23. The molecule has 20 heavy (non-hydrogen) atoms. The van der Waals surface area contributed by atoms with E-state index in [-0.39, 0.29) is 11.5 Å². The molecular formula is C13H12N4O3. The van der Waals surface area contributed by atoms with Gasteiger partial charge < -0.3 is 15.7 Å². The first-order valence-corrected chi connectivity index (χ1v) is 5.98. The number of fused-ring (bicyclic) bond motifs is 1. The molecule has 2 aromatic rings. The number of amides is 1. The number of carboxylic acid groups (broad SMARTS) is 1. The van der Waals surface area contributed by atoms with Crippen LogP contribution in [0.1, 0.15) is 22.0 Å². The molecule has 0 saturated heterocycles. The van der Waals surface area contributed by atoms with Crippen molar-refractivity contribution >= 4 is 23.3 Å². The van der Waals surface area contributed by atoms with E-state index in [9.17, 15) is 9.59 Å². The highest BCUT2D eigenvalue weighted by atomic mass is 16.4. The highest BCUT2D eigenvalue weighted by Crippen LogP contribution is 2.34. The molecule has 3 rings (SSSR count). The van der Waals surface area contributed by atoms with Gasteiger partial charge in [-0.3, -0.25) is 9.48 Å². The van der Waals surface area contributed by atoms with Crippen molar-refractivity contribution in [1.29, 1.82) is 0 Å². The summed E-state index contributed by atoms with van der Waals surface area (Å²) in [7, 11) is 1.76. The average Bonchev–Trinajstić information content (AvgIpc) is 2.83. The fraction of sp³-hybridized carbons (Fsp3) is 0.154.